The van der Waals surface area contributed by atoms with Crippen LogP contribution in [0.5, 0.6) is 0 Å². The predicted octanol–water partition coefficient (Wildman–Crippen LogP) is 3.16. The van der Waals surface area contributed by atoms with Crippen LogP contribution in [0.4, 0.5) is 17.6 Å². The summed E-state index contributed by atoms with van der Waals surface area (Å²) in [5.74, 6) is -2.41. The third-order valence-corrected chi connectivity index (χ3v) is 5.52. The lowest BCUT2D eigenvalue weighted by Crippen LogP contribution is -2.41. The van der Waals surface area contributed by atoms with Crippen molar-refractivity contribution in [3.63, 3.8) is 0 Å². The van der Waals surface area contributed by atoms with Gasteiger partial charge in [-0.25, -0.2) is 13.8 Å². The zero-order chi connectivity index (χ0) is 23.7. The Labute approximate surface area is 177 Å². The number of aromatic nitrogens is 2. The largest absolute Gasteiger partial charge is 0.480 e. The Balaban J connectivity index is 2.73. The Kier molecular flexibility index (Phi) is 7.00. The van der Waals surface area contributed by atoms with Gasteiger partial charge in [-0.2, -0.15) is 18.4 Å². The van der Waals surface area contributed by atoms with Gasteiger partial charge in [0.15, 0.2) is 0 Å². The number of rotatable bonds is 6. The zero-order valence-corrected chi connectivity index (χ0v) is 17.3. The highest BCUT2D eigenvalue weighted by Crippen LogP contribution is 2.33. The first-order valence-electron chi connectivity index (χ1n) is 8.81. The number of nitriles is 1. The van der Waals surface area contributed by atoms with Crippen molar-refractivity contribution in [2.75, 3.05) is 0 Å². The number of halogens is 4. The molecule has 0 bridgehead atoms. The van der Waals surface area contributed by atoms with E-state index in [1.54, 1.807) is 19.9 Å². The first-order valence-corrected chi connectivity index (χ1v) is 9.69. The first kappa shape index (κ1) is 24.2. The van der Waals surface area contributed by atoms with Crippen molar-refractivity contribution in [1.29, 1.82) is 5.26 Å². The molecule has 1 atom stereocenters. The molecule has 1 unspecified atom stereocenters. The van der Waals surface area contributed by atoms with Crippen molar-refractivity contribution >= 4 is 17.7 Å². The Bertz CT molecular complexity index is 1180. The summed E-state index contributed by atoms with van der Waals surface area (Å²) >= 11 is 0.724. The van der Waals surface area contributed by atoms with Gasteiger partial charge in [0.2, 0.25) is 0 Å². The normalized spacial score (nSPS) is 12.6. The lowest BCUT2D eigenvalue weighted by Gasteiger charge is -2.17. The molecule has 0 saturated carbocycles. The number of alkyl halides is 3. The van der Waals surface area contributed by atoms with Gasteiger partial charge >= 0.3 is 17.8 Å². The average molecular weight is 459 g/mol. The molecule has 0 aliphatic carbocycles. The second-order valence-electron chi connectivity index (χ2n) is 7.03. The standard InChI is InChI=1S/C19H17F4N3O4S/c1-9(2)4-14(17(28)29)31-13-6-12(11(20)5-10(13)8-24)26-16(27)7-15(19(21,22)23)25(3)18(26)30/h5-7,9,14H,4H2,1-3H3,(H,28,29). The second kappa shape index (κ2) is 8.97. The van der Waals surface area contributed by atoms with Crippen molar-refractivity contribution in [2.24, 2.45) is 13.0 Å². The summed E-state index contributed by atoms with van der Waals surface area (Å²) in [7, 11) is 0.779. The Morgan fingerprint density at radius 1 is 1.26 bits per heavy atom. The Morgan fingerprint density at radius 2 is 1.87 bits per heavy atom. The van der Waals surface area contributed by atoms with Crippen molar-refractivity contribution in [1.82, 2.24) is 9.13 Å². The maximum atomic E-state index is 14.6. The van der Waals surface area contributed by atoms with E-state index in [0.29, 0.717) is 6.07 Å². The SMILES string of the molecule is CC(C)CC(Sc1cc(-n2c(=O)cc(C(F)(F)F)n(C)c2=O)c(F)cc1C#N)C(=O)O. The van der Waals surface area contributed by atoms with Crippen LogP contribution in [0, 0.1) is 23.1 Å². The quantitative estimate of drug-likeness (QED) is 0.526. The summed E-state index contributed by atoms with van der Waals surface area (Å²) in [4.78, 5) is 36.2. The van der Waals surface area contributed by atoms with Gasteiger partial charge in [-0.05, 0) is 24.5 Å². The summed E-state index contributed by atoms with van der Waals surface area (Å²) in [6.45, 7) is 3.56. The topological polar surface area (TPSA) is 105 Å². The Morgan fingerprint density at radius 3 is 2.35 bits per heavy atom. The third kappa shape index (κ3) is 5.16. The van der Waals surface area contributed by atoms with Gasteiger partial charge in [0.1, 0.15) is 22.8 Å². The number of carboxylic acids is 1. The number of thioether (sulfide) groups is 1. The molecule has 1 N–H and O–H groups in total. The Hall–Kier alpha value is -3.07. The molecule has 2 rings (SSSR count). The maximum absolute atomic E-state index is 14.6. The molecule has 0 aliphatic rings. The van der Waals surface area contributed by atoms with E-state index < -0.39 is 45.8 Å². The van der Waals surface area contributed by atoms with E-state index >= 15 is 0 Å². The number of aliphatic carboxylic acids is 1. The number of hydrogen-bond acceptors (Lipinski definition) is 5. The summed E-state index contributed by atoms with van der Waals surface area (Å²) in [5, 5.41) is 17.7. The fourth-order valence-electron chi connectivity index (χ4n) is 2.80. The fraction of sp³-hybridized carbons (Fsp3) is 0.368. The van der Waals surface area contributed by atoms with Crippen LogP contribution in [0.2, 0.25) is 0 Å². The van der Waals surface area contributed by atoms with Crippen LogP contribution in [0.25, 0.3) is 5.69 Å². The van der Waals surface area contributed by atoms with Gasteiger partial charge in [0.05, 0.1) is 11.3 Å². The van der Waals surface area contributed by atoms with Crippen LogP contribution in [0.1, 0.15) is 31.5 Å². The van der Waals surface area contributed by atoms with Crippen LogP contribution in [0.3, 0.4) is 0 Å². The zero-order valence-electron chi connectivity index (χ0n) is 16.5. The van der Waals surface area contributed by atoms with Crippen molar-refractivity contribution < 1.29 is 27.5 Å². The number of nitrogens with zero attached hydrogens (tertiary/aromatic N) is 3. The number of carbonyl (C=O) groups is 1. The highest BCUT2D eigenvalue weighted by atomic mass is 32.2. The highest BCUT2D eigenvalue weighted by Gasteiger charge is 2.35. The molecule has 1 aromatic heterocycles. The van der Waals surface area contributed by atoms with E-state index in [1.165, 1.54) is 0 Å². The van der Waals surface area contributed by atoms with Gasteiger partial charge in [0.25, 0.3) is 5.56 Å². The molecule has 2 aromatic rings. The van der Waals surface area contributed by atoms with Crippen LogP contribution < -0.4 is 11.2 Å². The van der Waals surface area contributed by atoms with Gasteiger partial charge < -0.3 is 5.11 Å². The fourth-order valence-corrected chi connectivity index (χ4v) is 4.10. The molecule has 0 radical (unpaired) electrons. The minimum Gasteiger partial charge on any atom is -0.480 e. The van der Waals surface area contributed by atoms with Crippen LogP contribution in [-0.4, -0.2) is 25.5 Å². The van der Waals surface area contributed by atoms with E-state index in [1.807, 2.05) is 0 Å². The molecule has 0 amide bonds. The highest BCUT2D eigenvalue weighted by molar-refractivity contribution is 8.00. The molecular formula is C19H17F4N3O4S. The van der Waals surface area contributed by atoms with E-state index in [-0.39, 0.29) is 38.0 Å². The summed E-state index contributed by atoms with van der Waals surface area (Å²) < 4.78 is 54.1. The number of carboxylic acid groups (broad SMARTS) is 1. The number of benzene rings is 1. The molecule has 7 nitrogen and oxygen atoms in total. The van der Waals surface area contributed by atoms with Crippen molar-refractivity contribution in [2.45, 2.75) is 36.6 Å². The molecule has 0 aliphatic heterocycles. The molecule has 1 aromatic carbocycles. The monoisotopic (exact) mass is 459 g/mol. The van der Waals surface area contributed by atoms with Crippen molar-refractivity contribution in [3.05, 3.63) is 56.1 Å². The molecule has 0 fully saturated rings. The van der Waals surface area contributed by atoms with Gasteiger partial charge in [0, 0.05) is 18.0 Å². The molecule has 31 heavy (non-hydrogen) atoms. The summed E-state index contributed by atoms with van der Waals surface area (Å²) in [6.07, 6.45) is -4.78. The van der Waals surface area contributed by atoms with E-state index in [2.05, 4.69) is 0 Å². The summed E-state index contributed by atoms with van der Waals surface area (Å²) in [6, 6.07) is 3.49. The van der Waals surface area contributed by atoms with Crippen LogP contribution in [-0.2, 0) is 18.0 Å². The van der Waals surface area contributed by atoms with Crippen LogP contribution >= 0.6 is 11.8 Å². The lowest BCUT2D eigenvalue weighted by atomic mass is 10.1. The molecule has 0 saturated heterocycles. The first-order chi connectivity index (χ1) is 14.3. The predicted molar refractivity (Wildman–Crippen MR) is 104 cm³/mol. The summed E-state index contributed by atoms with van der Waals surface area (Å²) in [5.41, 5.74) is -5.30. The van der Waals surface area contributed by atoms with E-state index in [4.69, 9.17) is 0 Å². The molecule has 166 valence electrons. The second-order valence-corrected chi connectivity index (χ2v) is 8.27. The molecule has 0 spiro atoms. The van der Waals surface area contributed by atoms with E-state index in [0.717, 1.165) is 24.9 Å². The van der Waals surface area contributed by atoms with Gasteiger partial charge in [-0.3, -0.25) is 14.2 Å². The molecular weight excluding hydrogens is 442 g/mol. The molecule has 1 heterocycles. The minimum atomic E-state index is -4.98. The maximum Gasteiger partial charge on any atom is 0.431 e. The van der Waals surface area contributed by atoms with Crippen LogP contribution in [0.15, 0.2) is 32.7 Å². The minimum absolute atomic E-state index is 0.0242. The van der Waals surface area contributed by atoms with E-state index in [9.17, 15) is 42.3 Å². The third-order valence-electron chi connectivity index (χ3n) is 4.25. The number of hydrogen-bond donors (Lipinski definition) is 1. The van der Waals surface area contributed by atoms with Crippen molar-refractivity contribution in [3.8, 4) is 11.8 Å². The lowest BCUT2D eigenvalue weighted by molar-refractivity contribution is -0.144. The average Bonchev–Trinajstić information content (AvgIpc) is 2.64. The van der Waals surface area contributed by atoms with Gasteiger partial charge in [-0.15, -0.1) is 11.8 Å². The molecule has 12 heteroatoms. The smallest absolute Gasteiger partial charge is 0.431 e. The van der Waals surface area contributed by atoms with Gasteiger partial charge in [-0.1, -0.05) is 13.8 Å².